The second-order valence-corrected chi connectivity index (χ2v) is 6.44. The van der Waals surface area contributed by atoms with Crippen LogP contribution >= 0.6 is 0 Å². The third kappa shape index (κ3) is 4.58. The van der Waals surface area contributed by atoms with Gasteiger partial charge in [-0.1, -0.05) is 30.3 Å². The van der Waals surface area contributed by atoms with E-state index in [-0.39, 0.29) is 18.2 Å². The van der Waals surface area contributed by atoms with E-state index in [1.54, 1.807) is 23.8 Å². The Bertz CT molecular complexity index is 794. The van der Waals surface area contributed by atoms with Crippen LogP contribution < -0.4 is 14.4 Å². The third-order valence-corrected chi connectivity index (χ3v) is 4.49. The second-order valence-electron chi connectivity index (χ2n) is 6.44. The molecule has 2 aromatic rings. The van der Waals surface area contributed by atoms with E-state index in [9.17, 15) is 9.59 Å². The molecule has 0 saturated heterocycles. The standard InChI is InChI=1S/C21H24N2O4/c1-16-21(25)23(18-10-6-7-11-19(18)27-16)13-12-20(24)22(2)14-15-26-17-8-4-3-5-9-17/h3-11,16H,12-15H2,1-2H3. The lowest BCUT2D eigenvalue weighted by Crippen LogP contribution is -2.46. The van der Waals surface area contributed by atoms with Gasteiger partial charge in [0.2, 0.25) is 5.91 Å². The van der Waals surface area contributed by atoms with Crippen LogP contribution in [0.1, 0.15) is 13.3 Å². The predicted octanol–water partition coefficient (Wildman–Crippen LogP) is 2.73. The van der Waals surface area contributed by atoms with Crippen molar-refractivity contribution in [2.75, 3.05) is 31.6 Å². The van der Waals surface area contributed by atoms with Gasteiger partial charge in [-0.3, -0.25) is 9.59 Å². The van der Waals surface area contributed by atoms with Crippen molar-refractivity contribution >= 4 is 17.5 Å². The smallest absolute Gasteiger partial charge is 0.267 e. The summed E-state index contributed by atoms with van der Waals surface area (Å²) in [6.07, 6.45) is -0.304. The van der Waals surface area contributed by atoms with E-state index in [0.29, 0.717) is 31.1 Å². The fourth-order valence-electron chi connectivity index (χ4n) is 2.93. The van der Waals surface area contributed by atoms with Crippen LogP contribution in [0.4, 0.5) is 5.69 Å². The molecule has 2 aromatic carbocycles. The zero-order valence-electron chi connectivity index (χ0n) is 15.6. The molecule has 27 heavy (non-hydrogen) atoms. The maximum atomic E-state index is 12.5. The maximum absolute atomic E-state index is 12.5. The van der Waals surface area contributed by atoms with Crippen LogP contribution in [0.5, 0.6) is 11.5 Å². The van der Waals surface area contributed by atoms with Crippen LogP contribution in [0, 0.1) is 0 Å². The Balaban J connectivity index is 1.51. The van der Waals surface area contributed by atoms with Crippen molar-refractivity contribution < 1.29 is 19.1 Å². The van der Waals surface area contributed by atoms with Gasteiger partial charge in [0.25, 0.3) is 5.91 Å². The minimum absolute atomic E-state index is 0.0314. The van der Waals surface area contributed by atoms with Gasteiger partial charge in [-0.25, -0.2) is 0 Å². The molecule has 0 spiro atoms. The Hall–Kier alpha value is -3.02. The van der Waals surface area contributed by atoms with Gasteiger partial charge in [0.05, 0.1) is 12.2 Å². The molecule has 6 heteroatoms. The summed E-state index contributed by atoms with van der Waals surface area (Å²) in [5, 5.41) is 0. The number of amides is 2. The minimum atomic E-state index is -0.549. The maximum Gasteiger partial charge on any atom is 0.267 e. The molecule has 0 aromatic heterocycles. The van der Waals surface area contributed by atoms with Crippen molar-refractivity contribution in [2.24, 2.45) is 0 Å². The largest absolute Gasteiger partial charge is 0.492 e. The molecule has 0 N–H and O–H groups in total. The number of benzene rings is 2. The van der Waals surface area contributed by atoms with Gasteiger partial charge in [0.15, 0.2) is 6.10 Å². The van der Waals surface area contributed by atoms with Crippen molar-refractivity contribution in [1.29, 1.82) is 0 Å². The second kappa shape index (κ2) is 8.58. The van der Waals surface area contributed by atoms with E-state index >= 15 is 0 Å². The van der Waals surface area contributed by atoms with Crippen molar-refractivity contribution in [2.45, 2.75) is 19.4 Å². The molecule has 6 nitrogen and oxygen atoms in total. The van der Waals surface area contributed by atoms with E-state index in [4.69, 9.17) is 9.47 Å². The molecule has 0 saturated carbocycles. The fourth-order valence-corrected chi connectivity index (χ4v) is 2.93. The Morgan fingerprint density at radius 1 is 1.15 bits per heavy atom. The molecule has 1 atom stereocenters. The van der Waals surface area contributed by atoms with Gasteiger partial charge in [-0.2, -0.15) is 0 Å². The summed E-state index contributed by atoms with van der Waals surface area (Å²) < 4.78 is 11.2. The molecular weight excluding hydrogens is 344 g/mol. The molecule has 3 rings (SSSR count). The van der Waals surface area contributed by atoms with Crippen LogP contribution in [0.3, 0.4) is 0 Å². The van der Waals surface area contributed by atoms with Crippen molar-refractivity contribution in [3.05, 3.63) is 54.6 Å². The Morgan fingerprint density at radius 2 is 1.85 bits per heavy atom. The molecule has 1 heterocycles. The monoisotopic (exact) mass is 368 g/mol. The highest BCUT2D eigenvalue weighted by molar-refractivity contribution is 6.00. The fraction of sp³-hybridized carbons (Fsp3) is 0.333. The van der Waals surface area contributed by atoms with Gasteiger partial charge in [-0.15, -0.1) is 0 Å². The van der Waals surface area contributed by atoms with Crippen LogP contribution in [-0.2, 0) is 9.59 Å². The highest BCUT2D eigenvalue weighted by Crippen LogP contribution is 2.33. The minimum Gasteiger partial charge on any atom is -0.492 e. The lowest BCUT2D eigenvalue weighted by Gasteiger charge is -2.33. The zero-order chi connectivity index (χ0) is 19.2. The molecule has 0 fully saturated rings. The van der Waals surface area contributed by atoms with Crippen LogP contribution in [0.25, 0.3) is 0 Å². The third-order valence-electron chi connectivity index (χ3n) is 4.49. The first-order valence-electron chi connectivity index (χ1n) is 9.05. The van der Waals surface area contributed by atoms with Gasteiger partial charge < -0.3 is 19.3 Å². The summed E-state index contributed by atoms with van der Waals surface area (Å²) >= 11 is 0. The van der Waals surface area contributed by atoms with Gasteiger partial charge in [0, 0.05) is 20.0 Å². The van der Waals surface area contributed by atoms with Crippen LogP contribution in [-0.4, -0.2) is 49.6 Å². The molecule has 2 amide bonds. The topological polar surface area (TPSA) is 59.1 Å². The Morgan fingerprint density at radius 3 is 2.63 bits per heavy atom. The first kappa shape index (κ1) is 18.8. The van der Waals surface area contributed by atoms with Crippen molar-refractivity contribution in [3.8, 4) is 11.5 Å². The molecule has 0 aliphatic carbocycles. The number of fused-ring (bicyclic) bond motifs is 1. The SMILES string of the molecule is CC1Oc2ccccc2N(CCC(=O)N(C)CCOc2ccccc2)C1=O. The summed E-state index contributed by atoms with van der Waals surface area (Å²) in [4.78, 5) is 28.1. The highest BCUT2D eigenvalue weighted by atomic mass is 16.5. The number of hydrogen-bond acceptors (Lipinski definition) is 4. The number of hydrogen-bond donors (Lipinski definition) is 0. The molecule has 1 aliphatic rings. The van der Waals surface area contributed by atoms with Gasteiger partial charge >= 0.3 is 0 Å². The summed E-state index contributed by atoms with van der Waals surface area (Å²) in [6.45, 7) is 2.95. The first-order chi connectivity index (χ1) is 13.1. The number of para-hydroxylation sites is 3. The van der Waals surface area contributed by atoms with E-state index in [2.05, 4.69) is 0 Å². The summed E-state index contributed by atoms with van der Waals surface area (Å²) in [5.74, 6) is 1.29. The van der Waals surface area contributed by atoms with E-state index in [1.165, 1.54) is 0 Å². The number of nitrogens with zero attached hydrogens (tertiary/aromatic N) is 2. The van der Waals surface area contributed by atoms with Crippen LogP contribution in [0.2, 0.25) is 0 Å². The quantitative estimate of drug-likeness (QED) is 0.754. The Labute approximate surface area is 159 Å². The van der Waals surface area contributed by atoms with Crippen molar-refractivity contribution in [3.63, 3.8) is 0 Å². The summed E-state index contributed by atoms with van der Waals surface area (Å²) in [5.41, 5.74) is 0.712. The number of carbonyl (C=O) groups excluding carboxylic acids is 2. The average molecular weight is 368 g/mol. The van der Waals surface area contributed by atoms with E-state index in [0.717, 1.165) is 5.75 Å². The lowest BCUT2D eigenvalue weighted by molar-refractivity contribution is -0.130. The molecule has 0 bridgehead atoms. The number of anilines is 1. The molecule has 0 radical (unpaired) electrons. The molecular formula is C21H24N2O4. The van der Waals surface area contributed by atoms with E-state index < -0.39 is 6.10 Å². The Kier molecular flexibility index (Phi) is 5.96. The molecule has 1 unspecified atom stereocenters. The highest BCUT2D eigenvalue weighted by Gasteiger charge is 2.31. The number of carbonyl (C=O) groups is 2. The summed E-state index contributed by atoms with van der Waals surface area (Å²) in [6, 6.07) is 16.9. The predicted molar refractivity (Wildman–Crippen MR) is 103 cm³/mol. The van der Waals surface area contributed by atoms with Crippen LogP contribution in [0.15, 0.2) is 54.6 Å². The zero-order valence-corrected chi connectivity index (χ0v) is 15.6. The average Bonchev–Trinajstić information content (AvgIpc) is 2.69. The van der Waals surface area contributed by atoms with E-state index in [1.807, 2.05) is 54.6 Å². The summed E-state index contributed by atoms with van der Waals surface area (Å²) in [7, 11) is 1.74. The first-order valence-corrected chi connectivity index (χ1v) is 9.05. The van der Waals surface area contributed by atoms with Gasteiger partial charge in [-0.05, 0) is 31.2 Å². The normalized spacial score (nSPS) is 15.7. The lowest BCUT2D eigenvalue weighted by atomic mass is 10.1. The molecule has 142 valence electrons. The van der Waals surface area contributed by atoms with Crippen molar-refractivity contribution in [1.82, 2.24) is 4.90 Å². The molecule has 1 aliphatic heterocycles. The number of rotatable bonds is 7. The number of ether oxygens (including phenoxy) is 2. The van der Waals surface area contributed by atoms with Gasteiger partial charge in [0.1, 0.15) is 18.1 Å². The number of likely N-dealkylation sites (N-methyl/N-ethyl adjacent to an activating group) is 1.